The van der Waals surface area contributed by atoms with Gasteiger partial charge in [-0.1, -0.05) is 4.73 Å². The molecule has 0 saturated carbocycles. The standard InChI is InChI=1S/C13H10F4N2O4/c1-3-23-12(20)8-4-7-5-9(14)6(2)18(21)11(7)19(22)10(8)13(15,16)17/h4-5H,3H2,1-2H3. The number of esters is 1. The highest BCUT2D eigenvalue weighted by atomic mass is 19.4. The Morgan fingerprint density at radius 1 is 1.26 bits per heavy atom. The summed E-state index contributed by atoms with van der Waals surface area (Å²) in [6.45, 7) is 2.15. The van der Waals surface area contributed by atoms with Crippen molar-refractivity contribution in [2.24, 2.45) is 0 Å². The van der Waals surface area contributed by atoms with E-state index in [1.807, 2.05) is 0 Å². The zero-order valence-corrected chi connectivity index (χ0v) is 11.9. The number of hydrogen-bond donors (Lipinski definition) is 0. The molecule has 10 heteroatoms. The highest BCUT2D eigenvalue weighted by Gasteiger charge is 2.47. The fourth-order valence-electron chi connectivity index (χ4n) is 2.06. The van der Waals surface area contributed by atoms with Gasteiger partial charge < -0.3 is 15.2 Å². The van der Waals surface area contributed by atoms with E-state index in [1.165, 1.54) is 6.92 Å². The zero-order valence-electron chi connectivity index (χ0n) is 11.9. The number of rotatable bonds is 2. The summed E-state index contributed by atoms with van der Waals surface area (Å²) in [6.07, 6.45) is -5.21. The van der Waals surface area contributed by atoms with Crippen LogP contribution in [0.1, 0.15) is 28.7 Å². The van der Waals surface area contributed by atoms with Crippen LogP contribution in [0, 0.1) is 23.2 Å². The largest absolute Gasteiger partial charge is 0.614 e. The van der Waals surface area contributed by atoms with Crippen molar-refractivity contribution >= 4 is 17.0 Å². The molecule has 23 heavy (non-hydrogen) atoms. The Bertz CT molecular complexity index is 805. The molecule has 2 aromatic rings. The first kappa shape index (κ1) is 16.7. The summed E-state index contributed by atoms with van der Waals surface area (Å²) in [5.74, 6) is -2.42. The monoisotopic (exact) mass is 334 g/mol. The second kappa shape index (κ2) is 5.52. The first-order chi connectivity index (χ1) is 10.6. The first-order valence-corrected chi connectivity index (χ1v) is 6.32. The van der Waals surface area contributed by atoms with Crippen LogP contribution in [-0.2, 0) is 10.9 Å². The molecular formula is C13H10F4N2O4. The predicted octanol–water partition coefficient (Wildman–Crippen LogP) is 1.75. The van der Waals surface area contributed by atoms with Gasteiger partial charge in [0.2, 0.25) is 5.69 Å². The molecule has 0 aliphatic carbocycles. The average molecular weight is 334 g/mol. The maximum Gasteiger partial charge on any atom is 0.479 e. The van der Waals surface area contributed by atoms with Crippen molar-refractivity contribution < 1.29 is 36.6 Å². The number of carbonyl (C=O) groups excluding carboxylic acids is 1. The maximum atomic E-state index is 13.6. The lowest BCUT2D eigenvalue weighted by Gasteiger charge is -2.13. The number of ether oxygens (including phenoxy) is 1. The molecule has 0 aliphatic rings. The van der Waals surface area contributed by atoms with E-state index in [0.29, 0.717) is 12.1 Å². The van der Waals surface area contributed by atoms with Gasteiger partial charge in [-0.15, -0.1) is 4.73 Å². The molecule has 0 amide bonds. The van der Waals surface area contributed by atoms with Crippen molar-refractivity contribution in [2.75, 3.05) is 6.61 Å². The topological polar surface area (TPSA) is 80.2 Å². The molecule has 0 saturated heterocycles. The lowest BCUT2D eigenvalue weighted by molar-refractivity contribution is -0.705. The smallest absolute Gasteiger partial charge is 0.479 e. The number of fused-ring (bicyclic) bond motifs is 1. The first-order valence-electron chi connectivity index (χ1n) is 6.32. The number of nitrogens with zero attached hydrogens (tertiary/aromatic N) is 2. The summed E-state index contributed by atoms with van der Waals surface area (Å²) in [5.41, 5.74) is -4.52. The molecular weight excluding hydrogens is 324 g/mol. The van der Waals surface area contributed by atoms with Gasteiger partial charge in [-0.25, -0.2) is 4.79 Å². The number of alkyl halides is 3. The van der Waals surface area contributed by atoms with Crippen LogP contribution in [0.5, 0.6) is 0 Å². The number of pyridine rings is 2. The normalized spacial score (nSPS) is 11.7. The van der Waals surface area contributed by atoms with Gasteiger partial charge in [-0.2, -0.15) is 17.6 Å². The third kappa shape index (κ3) is 2.71. The van der Waals surface area contributed by atoms with E-state index in [-0.39, 0.29) is 11.3 Å². The highest BCUT2D eigenvalue weighted by Crippen LogP contribution is 2.31. The van der Waals surface area contributed by atoms with Crippen molar-refractivity contribution in [3.05, 3.63) is 45.3 Å². The highest BCUT2D eigenvalue weighted by molar-refractivity contribution is 5.93. The number of hydrogen-bond acceptors (Lipinski definition) is 4. The van der Waals surface area contributed by atoms with Crippen molar-refractivity contribution in [1.82, 2.24) is 0 Å². The maximum absolute atomic E-state index is 13.6. The number of aromatic nitrogens is 2. The van der Waals surface area contributed by atoms with Crippen LogP contribution in [-0.4, -0.2) is 12.6 Å². The van der Waals surface area contributed by atoms with Crippen molar-refractivity contribution in [3.63, 3.8) is 0 Å². The number of halogens is 4. The summed E-state index contributed by atoms with van der Waals surface area (Å²) in [7, 11) is 0. The van der Waals surface area contributed by atoms with E-state index < -0.39 is 50.7 Å². The molecule has 0 unspecified atom stereocenters. The van der Waals surface area contributed by atoms with Gasteiger partial charge in [0.15, 0.2) is 5.82 Å². The zero-order chi connectivity index (χ0) is 17.5. The Labute approximate surface area is 126 Å². The molecule has 0 aliphatic heterocycles. The Hall–Kier alpha value is -2.65. The Balaban J connectivity index is 2.96. The summed E-state index contributed by atoms with van der Waals surface area (Å²) in [5, 5.41) is 23.4. The van der Waals surface area contributed by atoms with Gasteiger partial charge in [-0.05, 0) is 13.0 Å². The lowest BCUT2D eigenvalue weighted by atomic mass is 10.1. The minimum atomic E-state index is -5.21. The van der Waals surface area contributed by atoms with E-state index in [4.69, 9.17) is 0 Å². The van der Waals surface area contributed by atoms with Gasteiger partial charge in [0.1, 0.15) is 10.9 Å². The van der Waals surface area contributed by atoms with E-state index in [2.05, 4.69) is 4.74 Å². The van der Waals surface area contributed by atoms with Crippen LogP contribution in [0.4, 0.5) is 17.6 Å². The summed E-state index contributed by atoms with van der Waals surface area (Å²) in [4.78, 5) is 11.7. The van der Waals surface area contributed by atoms with Gasteiger partial charge in [-0.3, -0.25) is 0 Å². The fourth-order valence-corrected chi connectivity index (χ4v) is 2.06. The van der Waals surface area contributed by atoms with Crippen LogP contribution in [0.3, 0.4) is 0 Å². The Morgan fingerprint density at radius 3 is 2.39 bits per heavy atom. The lowest BCUT2D eigenvalue weighted by Crippen LogP contribution is -2.49. The Morgan fingerprint density at radius 2 is 1.87 bits per heavy atom. The molecule has 0 fully saturated rings. The molecule has 0 N–H and O–H groups in total. The third-order valence-electron chi connectivity index (χ3n) is 3.10. The van der Waals surface area contributed by atoms with E-state index in [0.717, 1.165) is 6.92 Å². The average Bonchev–Trinajstić information content (AvgIpc) is 2.42. The SMILES string of the molecule is CCOC(=O)c1cc2cc(F)c(C)[n+]([O-])c2[n+]([O-])c1C(F)(F)F. The number of carbonyl (C=O) groups is 1. The van der Waals surface area contributed by atoms with Crippen LogP contribution < -0.4 is 9.46 Å². The van der Waals surface area contributed by atoms with E-state index in [9.17, 15) is 32.8 Å². The van der Waals surface area contributed by atoms with Gasteiger partial charge in [0.25, 0.3) is 0 Å². The fraction of sp³-hybridized carbons (Fsp3) is 0.308. The molecule has 2 aromatic heterocycles. The molecule has 0 spiro atoms. The Kier molecular flexibility index (Phi) is 4.01. The van der Waals surface area contributed by atoms with Gasteiger partial charge >= 0.3 is 23.5 Å². The molecule has 0 radical (unpaired) electrons. The second-order valence-electron chi connectivity index (χ2n) is 4.57. The van der Waals surface area contributed by atoms with Crippen LogP contribution >= 0.6 is 0 Å². The molecule has 0 bridgehead atoms. The van der Waals surface area contributed by atoms with E-state index >= 15 is 0 Å². The predicted molar refractivity (Wildman–Crippen MR) is 67.5 cm³/mol. The summed E-state index contributed by atoms with van der Waals surface area (Å²) >= 11 is 0. The quantitative estimate of drug-likeness (QED) is 0.363. The van der Waals surface area contributed by atoms with E-state index in [1.54, 1.807) is 0 Å². The van der Waals surface area contributed by atoms with Gasteiger partial charge in [0, 0.05) is 13.0 Å². The molecule has 2 heterocycles. The third-order valence-corrected chi connectivity index (χ3v) is 3.10. The molecule has 0 aromatic carbocycles. The second-order valence-corrected chi connectivity index (χ2v) is 4.57. The van der Waals surface area contributed by atoms with Crippen molar-refractivity contribution in [3.8, 4) is 0 Å². The molecule has 6 nitrogen and oxygen atoms in total. The molecule has 0 atom stereocenters. The van der Waals surface area contributed by atoms with Crippen molar-refractivity contribution in [2.45, 2.75) is 20.0 Å². The molecule has 124 valence electrons. The summed E-state index contributed by atoms with van der Waals surface area (Å²) < 4.78 is 56.5. The summed E-state index contributed by atoms with van der Waals surface area (Å²) in [6, 6.07) is 1.32. The van der Waals surface area contributed by atoms with Crippen LogP contribution in [0.25, 0.3) is 11.0 Å². The van der Waals surface area contributed by atoms with Crippen molar-refractivity contribution in [1.29, 1.82) is 0 Å². The minimum absolute atomic E-state index is 0.225. The van der Waals surface area contributed by atoms with Gasteiger partial charge in [0.05, 0.1) is 6.61 Å². The molecule has 2 rings (SSSR count). The van der Waals surface area contributed by atoms with Crippen LogP contribution in [0.2, 0.25) is 0 Å². The minimum Gasteiger partial charge on any atom is -0.614 e. The van der Waals surface area contributed by atoms with Crippen LogP contribution in [0.15, 0.2) is 12.1 Å².